The highest BCUT2D eigenvalue weighted by Crippen LogP contribution is 2.32. The smallest absolute Gasteiger partial charge is 0.231 e. The summed E-state index contributed by atoms with van der Waals surface area (Å²) in [5.41, 5.74) is 1.05. The van der Waals surface area contributed by atoms with E-state index in [9.17, 15) is 9.59 Å². The quantitative estimate of drug-likeness (QED) is 0.857. The molecular weight excluding hydrogens is 272 g/mol. The Balaban J connectivity index is 1.46. The van der Waals surface area contributed by atoms with Gasteiger partial charge in [0.2, 0.25) is 18.6 Å². The van der Waals surface area contributed by atoms with Gasteiger partial charge < -0.3 is 20.1 Å². The van der Waals surface area contributed by atoms with Gasteiger partial charge >= 0.3 is 0 Å². The number of aryl methyl sites for hydroxylation is 1. The van der Waals surface area contributed by atoms with E-state index in [0.717, 1.165) is 17.1 Å². The van der Waals surface area contributed by atoms with Gasteiger partial charge in [-0.1, -0.05) is 6.07 Å². The summed E-state index contributed by atoms with van der Waals surface area (Å²) in [6.07, 6.45) is 2.26. The molecule has 0 bridgehead atoms. The van der Waals surface area contributed by atoms with Crippen LogP contribution in [0.2, 0.25) is 0 Å². The van der Waals surface area contributed by atoms with E-state index < -0.39 is 0 Å². The van der Waals surface area contributed by atoms with Crippen LogP contribution in [0.15, 0.2) is 18.2 Å². The molecule has 1 fully saturated rings. The van der Waals surface area contributed by atoms with E-state index in [4.69, 9.17) is 9.47 Å². The van der Waals surface area contributed by atoms with Gasteiger partial charge in [-0.05, 0) is 30.5 Å². The van der Waals surface area contributed by atoms with Crippen LogP contribution in [0.1, 0.15) is 24.8 Å². The number of carbonyl (C=O) groups excluding carboxylic acids is 2. The summed E-state index contributed by atoms with van der Waals surface area (Å²) in [5, 5.41) is 5.71. The van der Waals surface area contributed by atoms with Gasteiger partial charge in [-0.15, -0.1) is 0 Å². The number of hydrogen-bond donors (Lipinski definition) is 2. The molecule has 2 amide bonds. The number of piperidine rings is 1. The van der Waals surface area contributed by atoms with Crippen molar-refractivity contribution in [2.45, 2.75) is 31.7 Å². The van der Waals surface area contributed by atoms with Crippen LogP contribution in [0, 0.1) is 0 Å². The van der Waals surface area contributed by atoms with Gasteiger partial charge in [-0.3, -0.25) is 9.59 Å². The third kappa shape index (κ3) is 3.45. The van der Waals surface area contributed by atoms with E-state index in [2.05, 4.69) is 10.6 Å². The maximum Gasteiger partial charge on any atom is 0.231 e. The van der Waals surface area contributed by atoms with Crippen LogP contribution in [-0.2, 0) is 16.0 Å². The Bertz CT molecular complexity index is 549. The lowest BCUT2D eigenvalue weighted by Gasteiger charge is -2.23. The first-order valence-corrected chi connectivity index (χ1v) is 7.15. The fraction of sp³-hybridized carbons (Fsp3) is 0.467. The van der Waals surface area contributed by atoms with Crippen LogP contribution < -0.4 is 20.1 Å². The van der Waals surface area contributed by atoms with Crippen molar-refractivity contribution in [2.75, 3.05) is 13.3 Å². The van der Waals surface area contributed by atoms with Crippen molar-refractivity contribution in [1.29, 1.82) is 0 Å². The van der Waals surface area contributed by atoms with E-state index in [0.29, 0.717) is 32.2 Å². The molecule has 3 rings (SSSR count). The predicted octanol–water partition coefficient (Wildman–Crippen LogP) is 0.743. The summed E-state index contributed by atoms with van der Waals surface area (Å²) in [7, 11) is 0. The highest BCUT2D eigenvalue weighted by molar-refractivity contribution is 5.79. The van der Waals surface area contributed by atoms with Gasteiger partial charge in [-0.2, -0.15) is 0 Å². The molecule has 112 valence electrons. The highest BCUT2D eigenvalue weighted by atomic mass is 16.7. The van der Waals surface area contributed by atoms with Crippen molar-refractivity contribution >= 4 is 11.8 Å². The fourth-order valence-electron chi connectivity index (χ4n) is 2.51. The van der Waals surface area contributed by atoms with Gasteiger partial charge in [0.25, 0.3) is 0 Å². The number of ether oxygens (including phenoxy) is 2. The van der Waals surface area contributed by atoms with Gasteiger partial charge in [-0.25, -0.2) is 0 Å². The van der Waals surface area contributed by atoms with Crippen molar-refractivity contribution < 1.29 is 19.1 Å². The summed E-state index contributed by atoms with van der Waals surface area (Å²) >= 11 is 0. The second-order valence-electron chi connectivity index (χ2n) is 5.29. The Kier molecular flexibility index (Phi) is 3.94. The summed E-state index contributed by atoms with van der Waals surface area (Å²) in [6.45, 7) is 0.779. The van der Waals surface area contributed by atoms with E-state index in [1.54, 1.807) is 0 Å². The Hall–Kier alpha value is -2.24. The molecule has 6 nitrogen and oxygen atoms in total. The minimum absolute atomic E-state index is 0.00816. The molecule has 1 unspecified atom stereocenters. The second-order valence-corrected chi connectivity index (χ2v) is 5.29. The zero-order valence-corrected chi connectivity index (χ0v) is 11.7. The molecule has 1 aromatic rings. The Morgan fingerprint density at radius 1 is 1.33 bits per heavy atom. The van der Waals surface area contributed by atoms with Crippen LogP contribution in [0.5, 0.6) is 11.5 Å². The average molecular weight is 290 g/mol. The lowest BCUT2D eigenvalue weighted by Crippen LogP contribution is -2.47. The normalized spacial score (nSPS) is 20.0. The van der Waals surface area contributed by atoms with Crippen LogP contribution in [-0.4, -0.2) is 31.2 Å². The molecular formula is C15H18N2O4. The molecule has 2 aliphatic rings. The minimum atomic E-state index is 0.00816. The van der Waals surface area contributed by atoms with Crippen molar-refractivity contribution in [3.8, 4) is 11.5 Å². The van der Waals surface area contributed by atoms with E-state index in [1.165, 1.54) is 0 Å². The number of fused-ring (bicyclic) bond motifs is 1. The molecule has 1 atom stereocenters. The predicted molar refractivity (Wildman–Crippen MR) is 75.1 cm³/mol. The van der Waals surface area contributed by atoms with Crippen LogP contribution in [0.3, 0.4) is 0 Å². The Labute approximate surface area is 122 Å². The summed E-state index contributed by atoms with van der Waals surface area (Å²) in [6, 6.07) is 5.77. The van der Waals surface area contributed by atoms with Crippen LogP contribution in [0.4, 0.5) is 0 Å². The van der Waals surface area contributed by atoms with Gasteiger partial charge in [0.05, 0.1) is 0 Å². The Morgan fingerprint density at radius 3 is 3.00 bits per heavy atom. The lowest BCUT2D eigenvalue weighted by molar-refractivity contribution is -0.125. The number of nitrogens with one attached hydrogen (secondary N) is 2. The van der Waals surface area contributed by atoms with E-state index in [1.807, 2.05) is 18.2 Å². The minimum Gasteiger partial charge on any atom is -0.454 e. The van der Waals surface area contributed by atoms with Gasteiger partial charge in [0.15, 0.2) is 11.5 Å². The molecule has 1 saturated heterocycles. The molecule has 2 aliphatic heterocycles. The lowest BCUT2D eigenvalue weighted by atomic mass is 10.1. The monoisotopic (exact) mass is 290 g/mol. The highest BCUT2D eigenvalue weighted by Gasteiger charge is 2.19. The average Bonchev–Trinajstić information content (AvgIpc) is 2.95. The standard InChI is InChI=1S/C15H18N2O4/c18-14-6-3-11(8-16-14)17-15(19)5-2-10-1-4-12-13(7-10)21-9-20-12/h1,4,7,11H,2-3,5-6,8-9H2,(H,16,18)(H,17,19). The molecule has 2 N–H and O–H groups in total. The van der Waals surface area contributed by atoms with Crippen molar-refractivity contribution in [3.63, 3.8) is 0 Å². The summed E-state index contributed by atoms with van der Waals surface area (Å²) < 4.78 is 10.6. The van der Waals surface area contributed by atoms with Gasteiger partial charge in [0, 0.05) is 25.4 Å². The summed E-state index contributed by atoms with van der Waals surface area (Å²) in [4.78, 5) is 23.0. The van der Waals surface area contributed by atoms with Crippen molar-refractivity contribution in [1.82, 2.24) is 10.6 Å². The topological polar surface area (TPSA) is 76.7 Å². The van der Waals surface area contributed by atoms with Crippen LogP contribution in [0.25, 0.3) is 0 Å². The maximum absolute atomic E-state index is 11.9. The number of rotatable bonds is 4. The summed E-state index contributed by atoms with van der Waals surface area (Å²) in [5.74, 6) is 1.55. The first-order valence-electron chi connectivity index (χ1n) is 7.15. The van der Waals surface area contributed by atoms with E-state index >= 15 is 0 Å². The number of amides is 2. The molecule has 0 aliphatic carbocycles. The maximum atomic E-state index is 11.9. The van der Waals surface area contributed by atoms with Gasteiger partial charge in [0.1, 0.15) is 0 Å². The van der Waals surface area contributed by atoms with E-state index in [-0.39, 0.29) is 24.6 Å². The van der Waals surface area contributed by atoms with Crippen LogP contribution >= 0.6 is 0 Å². The third-order valence-corrected chi connectivity index (χ3v) is 3.71. The molecule has 6 heteroatoms. The third-order valence-electron chi connectivity index (χ3n) is 3.71. The first kappa shape index (κ1) is 13.7. The molecule has 0 spiro atoms. The molecule has 2 heterocycles. The Morgan fingerprint density at radius 2 is 2.19 bits per heavy atom. The molecule has 0 radical (unpaired) electrons. The van der Waals surface area contributed by atoms with Crippen molar-refractivity contribution in [2.24, 2.45) is 0 Å². The molecule has 0 saturated carbocycles. The fourth-order valence-corrected chi connectivity index (χ4v) is 2.51. The zero-order chi connectivity index (χ0) is 14.7. The number of carbonyl (C=O) groups is 2. The first-order chi connectivity index (χ1) is 10.2. The number of benzene rings is 1. The zero-order valence-electron chi connectivity index (χ0n) is 11.7. The number of hydrogen-bond acceptors (Lipinski definition) is 4. The molecule has 21 heavy (non-hydrogen) atoms. The second kappa shape index (κ2) is 6.03. The SMILES string of the molecule is O=C1CCC(NC(=O)CCc2ccc3c(c2)OCO3)CN1. The largest absolute Gasteiger partial charge is 0.454 e. The molecule has 1 aromatic carbocycles. The van der Waals surface area contributed by atoms with Crippen molar-refractivity contribution in [3.05, 3.63) is 23.8 Å². The molecule has 0 aromatic heterocycles.